The van der Waals surface area contributed by atoms with E-state index in [-0.39, 0.29) is 30.8 Å². The van der Waals surface area contributed by atoms with E-state index in [0.717, 1.165) is 29.7 Å². The van der Waals surface area contributed by atoms with Gasteiger partial charge in [-0.05, 0) is 54.2 Å². The number of nitrogens with zero attached hydrogens (tertiary/aromatic N) is 2. The normalized spacial score (nSPS) is 14.3. The number of amides is 2. The fraction of sp³-hybridized carbons (Fsp3) is 0.355. The number of ether oxygens (including phenoxy) is 1. The van der Waals surface area contributed by atoms with Crippen LogP contribution in [0.25, 0.3) is 0 Å². The van der Waals surface area contributed by atoms with E-state index in [1.165, 1.54) is 0 Å². The number of hydrogen-bond donors (Lipinski definition) is 1. The molecule has 0 aromatic heterocycles. The van der Waals surface area contributed by atoms with Crippen molar-refractivity contribution in [3.05, 3.63) is 100 Å². The minimum atomic E-state index is -0.484. The maximum atomic E-state index is 13.6. The van der Waals surface area contributed by atoms with E-state index in [1.54, 1.807) is 19.1 Å². The molecule has 1 saturated heterocycles. The third-order valence-corrected chi connectivity index (χ3v) is 7.78. The van der Waals surface area contributed by atoms with Gasteiger partial charge in [0.25, 0.3) is 0 Å². The summed E-state index contributed by atoms with van der Waals surface area (Å²) >= 11 is 12.2. The van der Waals surface area contributed by atoms with Crippen LogP contribution in [0.4, 0.5) is 5.69 Å². The predicted octanol–water partition coefficient (Wildman–Crippen LogP) is 6.38. The van der Waals surface area contributed by atoms with Crippen molar-refractivity contribution in [2.24, 2.45) is 5.92 Å². The van der Waals surface area contributed by atoms with Gasteiger partial charge in [0, 0.05) is 38.8 Å². The molecule has 1 N–H and O–H groups in total. The van der Waals surface area contributed by atoms with Gasteiger partial charge in [-0.2, -0.15) is 0 Å². The van der Waals surface area contributed by atoms with Crippen molar-refractivity contribution in [1.82, 2.24) is 10.2 Å². The number of nitrogens with one attached hydrogen (secondary N) is 1. The Balaban J connectivity index is 0.00000441. The number of carbonyl (C=O) groups is 2. The first-order valence-corrected chi connectivity index (χ1v) is 14.1. The van der Waals surface area contributed by atoms with Gasteiger partial charge in [0.2, 0.25) is 11.8 Å². The Hall–Kier alpha value is -2.61. The zero-order chi connectivity index (χ0) is 27.6. The van der Waals surface area contributed by atoms with E-state index in [9.17, 15) is 9.59 Å². The van der Waals surface area contributed by atoms with Gasteiger partial charge in [-0.25, -0.2) is 0 Å². The zero-order valence-corrected chi connectivity index (χ0v) is 24.9. The van der Waals surface area contributed by atoms with Gasteiger partial charge < -0.3 is 14.5 Å². The van der Waals surface area contributed by atoms with Gasteiger partial charge in [0.05, 0.1) is 23.3 Å². The number of piperidine rings is 1. The SMILES string of the molecule is CC(=O)N(CC1CCN(C(=O)[C@H](COCc2ccc(Cl)c(Cl)c2)NCc2ccccc2)CC1)c1ccccc1.Cl. The van der Waals surface area contributed by atoms with Crippen molar-refractivity contribution in [2.45, 2.75) is 39.0 Å². The van der Waals surface area contributed by atoms with E-state index in [4.69, 9.17) is 27.9 Å². The highest BCUT2D eigenvalue weighted by atomic mass is 35.5. The highest BCUT2D eigenvalue weighted by molar-refractivity contribution is 6.42. The summed E-state index contributed by atoms with van der Waals surface area (Å²) in [7, 11) is 0. The van der Waals surface area contributed by atoms with Crippen molar-refractivity contribution in [3.63, 3.8) is 0 Å². The lowest BCUT2D eigenvalue weighted by Crippen LogP contribution is -2.51. The second kappa shape index (κ2) is 16.0. The Kier molecular flexibility index (Phi) is 12.8. The molecular weight excluding hydrogens is 569 g/mol. The van der Waals surface area contributed by atoms with Crippen molar-refractivity contribution in [3.8, 4) is 0 Å². The molecule has 1 heterocycles. The second-order valence-corrected chi connectivity index (χ2v) is 10.7. The van der Waals surface area contributed by atoms with Crippen molar-refractivity contribution in [1.29, 1.82) is 0 Å². The molecule has 1 aliphatic heterocycles. The van der Waals surface area contributed by atoms with Crippen LogP contribution in [0.2, 0.25) is 10.0 Å². The van der Waals surface area contributed by atoms with Crippen LogP contribution < -0.4 is 10.2 Å². The standard InChI is InChI=1S/C31H35Cl2N3O3.ClH/c1-23(37)36(27-10-6-3-7-11-27)20-25-14-16-35(17-15-25)31(38)30(34-19-24-8-4-2-5-9-24)22-39-21-26-12-13-28(32)29(33)18-26;/h2-13,18,25,30,34H,14-17,19-22H2,1H3;1H/t30-;/m0./s1. The highest BCUT2D eigenvalue weighted by Gasteiger charge is 2.29. The number of hydrogen-bond acceptors (Lipinski definition) is 4. The Morgan fingerprint density at radius 2 is 1.60 bits per heavy atom. The molecule has 9 heteroatoms. The average Bonchev–Trinajstić information content (AvgIpc) is 2.96. The molecule has 0 unspecified atom stereocenters. The Labute approximate surface area is 253 Å². The molecular formula is C31H36Cl3N3O3. The van der Waals surface area contributed by atoms with Crippen molar-refractivity contribution >= 4 is 53.1 Å². The monoisotopic (exact) mass is 603 g/mol. The predicted molar refractivity (Wildman–Crippen MR) is 164 cm³/mol. The molecule has 6 nitrogen and oxygen atoms in total. The van der Waals surface area contributed by atoms with Crippen LogP contribution in [-0.2, 0) is 27.5 Å². The smallest absolute Gasteiger partial charge is 0.242 e. The Morgan fingerprint density at radius 3 is 2.23 bits per heavy atom. The van der Waals surface area contributed by atoms with Crippen LogP contribution in [0.15, 0.2) is 78.9 Å². The van der Waals surface area contributed by atoms with Crippen LogP contribution in [0.5, 0.6) is 0 Å². The number of carbonyl (C=O) groups excluding carboxylic acids is 2. The third-order valence-electron chi connectivity index (χ3n) is 7.05. The molecule has 2 amide bonds. The topological polar surface area (TPSA) is 61.9 Å². The average molecular weight is 605 g/mol. The fourth-order valence-electron chi connectivity index (χ4n) is 4.82. The Bertz CT molecular complexity index is 1220. The van der Waals surface area contributed by atoms with Gasteiger partial charge in [-0.1, -0.05) is 77.8 Å². The first-order valence-electron chi connectivity index (χ1n) is 13.3. The van der Waals surface area contributed by atoms with E-state index in [2.05, 4.69) is 5.32 Å². The molecule has 1 atom stereocenters. The molecule has 40 heavy (non-hydrogen) atoms. The molecule has 1 aliphatic rings. The van der Waals surface area contributed by atoms with Crippen molar-refractivity contribution < 1.29 is 14.3 Å². The highest BCUT2D eigenvalue weighted by Crippen LogP contribution is 2.24. The van der Waals surface area contributed by atoms with Crippen LogP contribution in [0.3, 0.4) is 0 Å². The maximum Gasteiger partial charge on any atom is 0.242 e. The summed E-state index contributed by atoms with van der Waals surface area (Å²) in [5, 5.41) is 4.38. The second-order valence-electron chi connectivity index (χ2n) is 9.92. The molecule has 0 bridgehead atoms. The van der Waals surface area contributed by atoms with Gasteiger partial charge in [0.1, 0.15) is 6.04 Å². The molecule has 0 saturated carbocycles. The minimum Gasteiger partial charge on any atom is -0.375 e. The molecule has 3 aromatic rings. The number of halogens is 3. The number of anilines is 1. The van der Waals surface area contributed by atoms with Crippen LogP contribution >= 0.6 is 35.6 Å². The van der Waals surface area contributed by atoms with Crippen LogP contribution in [0, 0.1) is 5.92 Å². The lowest BCUT2D eigenvalue weighted by atomic mass is 9.95. The summed E-state index contributed by atoms with van der Waals surface area (Å²) < 4.78 is 5.97. The largest absolute Gasteiger partial charge is 0.375 e. The van der Waals surface area contributed by atoms with E-state index in [0.29, 0.717) is 48.7 Å². The fourth-order valence-corrected chi connectivity index (χ4v) is 5.14. The number of benzene rings is 3. The quantitative estimate of drug-likeness (QED) is 0.276. The van der Waals surface area contributed by atoms with E-state index in [1.807, 2.05) is 76.5 Å². The number of likely N-dealkylation sites (tertiary alicyclic amines) is 1. The third kappa shape index (κ3) is 9.22. The number of para-hydroxylation sites is 1. The summed E-state index contributed by atoms with van der Waals surface area (Å²) in [6.07, 6.45) is 1.69. The summed E-state index contributed by atoms with van der Waals surface area (Å²) in [4.78, 5) is 29.7. The zero-order valence-electron chi connectivity index (χ0n) is 22.6. The van der Waals surface area contributed by atoms with Gasteiger partial charge >= 0.3 is 0 Å². The van der Waals surface area contributed by atoms with Gasteiger partial charge in [-0.3, -0.25) is 14.9 Å². The summed E-state index contributed by atoms with van der Waals surface area (Å²) in [5.74, 6) is 0.397. The molecule has 3 aromatic carbocycles. The molecule has 4 rings (SSSR count). The molecule has 0 radical (unpaired) electrons. The summed E-state index contributed by atoms with van der Waals surface area (Å²) in [6, 6.07) is 24.7. The molecule has 0 aliphatic carbocycles. The summed E-state index contributed by atoms with van der Waals surface area (Å²) in [5.41, 5.74) is 2.91. The number of rotatable bonds is 11. The van der Waals surface area contributed by atoms with Gasteiger partial charge in [-0.15, -0.1) is 12.4 Å². The lowest BCUT2D eigenvalue weighted by Gasteiger charge is -2.36. The Morgan fingerprint density at radius 1 is 0.950 bits per heavy atom. The molecule has 0 spiro atoms. The van der Waals surface area contributed by atoms with Crippen LogP contribution in [-0.4, -0.2) is 49.0 Å². The maximum absolute atomic E-state index is 13.6. The van der Waals surface area contributed by atoms with Crippen molar-refractivity contribution in [2.75, 3.05) is 31.1 Å². The minimum absolute atomic E-state index is 0. The molecule has 214 valence electrons. The lowest BCUT2D eigenvalue weighted by molar-refractivity contribution is -0.136. The summed E-state index contributed by atoms with van der Waals surface area (Å²) in [6.45, 7) is 4.69. The first-order chi connectivity index (χ1) is 18.9. The van der Waals surface area contributed by atoms with Crippen LogP contribution in [0.1, 0.15) is 30.9 Å². The van der Waals surface area contributed by atoms with E-state index >= 15 is 0 Å². The molecule has 1 fully saturated rings. The first kappa shape index (κ1) is 31.9. The van der Waals surface area contributed by atoms with Gasteiger partial charge in [0.15, 0.2) is 0 Å². The van der Waals surface area contributed by atoms with E-state index < -0.39 is 6.04 Å².